The van der Waals surface area contributed by atoms with Crippen molar-refractivity contribution in [2.75, 3.05) is 18.5 Å². The van der Waals surface area contributed by atoms with Crippen LogP contribution in [0.4, 0.5) is 16.2 Å². The van der Waals surface area contributed by atoms with E-state index in [0.717, 1.165) is 0 Å². The number of nitro benzene ring substituents is 1. The molecule has 0 spiro atoms. The fourth-order valence-electron chi connectivity index (χ4n) is 2.48. The maximum Gasteiger partial charge on any atom is 0.357 e. The van der Waals surface area contributed by atoms with Crippen LogP contribution in [0.3, 0.4) is 0 Å². The fourth-order valence-corrected chi connectivity index (χ4v) is 4.39. The van der Waals surface area contributed by atoms with E-state index in [1.165, 1.54) is 24.3 Å². The lowest BCUT2D eigenvalue weighted by Crippen LogP contribution is -2.33. The van der Waals surface area contributed by atoms with Crippen molar-refractivity contribution in [3.63, 3.8) is 0 Å². The number of carbonyl (C=O) groups excluding carboxylic acids is 1. The number of nitrogens with zero attached hydrogens (tertiary/aromatic N) is 1. The molecule has 150 valence electrons. The molecule has 0 unspecified atom stereocenters. The normalized spacial score (nSPS) is 12.2. The highest BCUT2D eigenvalue weighted by Gasteiger charge is 2.38. The van der Waals surface area contributed by atoms with Crippen LogP contribution in [0, 0.1) is 10.1 Å². The zero-order valence-electron chi connectivity index (χ0n) is 15.5. The zero-order chi connectivity index (χ0) is 20.6. The lowest BCUT2D eigenvalue weighted by Gasteiger charge is -2.27. The average molecular weight is 407 g/mol. The van der Waals surface area contributed by atoms with Crippen molar-refractivity contribution in [1.29, 1.82) is 0 Å². The number of nitro groups is 1. The number of anilines is 1. The first-order valence-electron chi connectivity index (χ1n) is 8.65. The minimum absolute atomic E-state index is 0.0923. The molecule has 0 aliphatic heterocycles. The van der Waals surface area contributed by atoms with Crippen LogP contribution in [0.5, 0.6) is 0 Å². The van der Waals surface area contributed by atoms with Crippen molar-refractivity contribution < 1.29 is 23.3 Å². The molecule has 0 aliphatic rings. The molecule has 1 atom stereocenters. The number of carbonyl (C=O) groups is 1. The van der Waals surface area contributed by atoms with Crippen molar-refractivity contribution in [1.82, 2.24) is 5.32 Å². The Bertz CT molecular complexity index is 834. The Morgan fingerprint density at radius 3 is 2.14 bits per heavy atom. The Labute approximate surface area is 162 Å². The lowest BCUT2D eigenvalue weighted by molar-refractivity contribution is -0.384. The highest BCUT2D eigenvalue weighted by atomic mass is 31.2. The Balaban J connectivity index is 2.22. The lowest BCUT2D eigenvalue weighted by atomic mass is 10.2. The molecule has 0 saturated heterocycles. The summed E-state index contributed by atoms with van der Waals surface area (Å²) < 4.78 is 24.1. The summed E-state index contributed by atoms with van der Waals surface area (Å²) in [6, 6.07) is 13.4. The monoisotopic (exact) mass is 407 g/mol. The van der Waals surface area contributed by atoms with Gasteiger partial charge in [0.25, 0.3) is 5.69 Å². The van der Waals surface area contributed by atoms with Crippen LogP contribution in [0.1, 0.15) is 25.2 Å². The van der Waals surface area contributed by atoms with Gasteiger partial charge in [-0.1, -0.05) is 30.3 Å². The van der Waals surface area contributed by atoms with Gasteiger partial charge in [0.05, 0.1) is 18.1 Å². The fraction of sp³-hybridized carbons (Fsp3) is 0.278. The van der Waals surface area contributed by atoms with Gasteiger partial charge in [-0.2, -0.15) is 0 Å². The van der Waals surface area contributed by atoms with Crippen molar-refractivity contribution in [3.8, 4) is 0 Å². The van der Waals surface area contributed by atoms with E-state index in [1.807, 2.05) is 0 Å². The molecule has 0 saturated carbocycles. The molecule has 0 heterocycles. The zero-order valence-corrected chi connectivity index (χ0v) is 16.4. The summed E-state index contributed by atoms with van der Waals surface area (Å²) in [7, 11) is -3.69. The van der Waals surface area contributed by atoms with E-state index in [9.17, 15) is 19.5 Å². The van der Waals surface area contributed by atoms with Crippen molar-refractivity contribution in [3.05, 3.63) is 70.3 Å². The molecule has 2 amide bonds. The quantitative estimate of drug-likeness (QED) is 0.354. The van der Waals surface area contributed by atoms with E-state index in [1.54, 1.807) is 44.2 Å². The molecule has 10 heteroatoms. The van der Waals surface area contributed by atoms with Gasteiger partial charge in [0.2, 0.25) is 0 Å². The topological polar surface area (TPSA) is 120 Å². The van der Waals surface area contributed by atoms with Crippen LogP contribution >= 0.6 is 7.60 Å². The molecule has 0 fully saturated rings. The highest BCUT2D eigenvalue weighted by Crippen LogP contribution is 2.59. The van der Waals surface area contributed by atoms with Gasteiger partial charge in [0.1, 0.15) is 0 Å². The predicted molar refractivity (Wildman–Crippen MR) is 105 cm³/mol. The third-order valence-corrected chi connectivity index (χ3v) is 5.95. The molecule has 28 heavy (non-hydrogen) atoms. The number of rotatable bonds is 9. The van der Waals surface area contributed by atoms with Crippen LogP contribution in [0.2, 0.25) is 0 Å². The number of non-ortho nitro benzene ring substituents is 1. The van der Waals surface area contributed by atoms with E-state index in [2.05, 4.69) is 10.6 Å². The number of hydrogen-bond donors (Lipinski definition) is 2. The van der Waals surface area contributed by atoms with Crippen LogP contribution < -0.4 is 10.6 Å². The Morgan fingerprint density at radius 2 is 1.64 bits per heavy atom. The smallest absolute Gasteiger partial charge is 0.320 e. The molecule has 2 aromatic carbocycles. The van der Waals surface area contributed by atoms with Crippen LogP contribution in [-0.2, 0) is 13.6 Å². The van der Waals surface area contributed by atoms with Crippen LogP contribution in [0.15, 0.2) is 54.6 Å². The Kier molecular flexibility index (Phi) is 7.69. The molecule has 2 N–H and O–H groups in total. The average Bonchev–Trinajstić information content (AvgIpc) is 2.67. The number of urea groups is 1. The van der Waals surface area contributed by atoms with Crippen LogP contribution in [-0.4, -0.2) is 24.2 Å². The third-order valence-electron chi connectivity index (χ3n) is 3.65. The SMILES string of the molecule is CCOP(=O)(OCC)[C@H](NC(=O)Nc1ccc([N+](=O)[O-])cc1)c1ccccc1. The highest BCUT2D eigenvalue weighted by molar-refractivity contribution is 7.54. The first kappa shape index (κ1) is 21.6. The van der Waals surface area contributed by atoms with Crippen molar-refractivity contribution >= 4 is 25.0 Å². The first-order valence-corrected chi connectivity index (χ1v) is 10.3. The van der Waals surface area contributed by atoms with Gasteiger partial charge in [-0.15, -0.1) is 0 Å². The van der Waals surface area contributed by atoms with Crippen molar-refractivity contribution in [2.45, 2.75) is 19.6 Å². The van der Waals surface area contributed by atoms with Gasteiger partial charge in [0.15, 0.2) is 5.78 Å². The first-order chi connectivity index (χ1) is 13.4. The third kappa shape index (κ3) is 5.63. The molecule has 2 rings (SSSR count). The molecule has 2 aromatic rings. The molecule has 9 nitrogen and oxygen atoms in total. The maximum atomic E-state index is 13.3. The van der Waals surface area contributed by atoms with Gasteiger partial charge in [-0.25, -0.2) is 4.79 Å². The van der Waals surface area contributed by atoms with E-state index in [4.69, 9.17) is 9.05 Å². The molecular formula is C18H22N3O6P. The van der Waals surface area contributed by atoms with Gasteiger partial charge in [-0.3, -0.25) is 14.7 Å². The van der Waals surface area contributed by atoms with Gasteiger partial charge in [-0.05, 0) is 31.5 Å². The Morgan fingerprint density at radius 1 is 1.07 bits per heavy atom. The van der Waals surface area contributed by atoms with Crippen LogP contribution in [0.25, 0.3) is 0 Å². The second-order valence-electron chi connectivity index (χ2n) is 5.59. The van der Waals surface area contributed by atoms with E-state index in [-0.39, 0.29) is 18.9 Å². The predicted octanol–water partition coefficient (Wildman–Crippen LogP) is 4.68. The van der Waals surface area contributed by atoms with Gasteiger partial charge in [0, 0.05) is 17.8 Å². The number of nitrogens with one attached hydrogen (secondary N) is 2. The summed E-state index contributed by atoms with van der Waals surface area (Å²) >= 11 is 0. The van der Waals surface area contributed by atoms with E-state index >= 15 is 0 Å². The van der Waals surface area contributed by atoms with Crippen molar-refractivity contribution in [2.24, 2.45) is 0 Å². The summed E-state index contributed by atoms with van der Waals surface area (Å²) in [5, 5.41) is 15.9. The summed E-state index contributed by atoms with van der Waals surface area (Å²) in [5.41, 5.74) is 0.814. The summed E-state index contributed by atoms with van der Waals surface area (Å²) in [5.74, 6) is -1.02. The second kappa shape index (κ2) is 9.98. The molecule has 0 aliphatic carbocycles. The minimum Gasteiger partial charge on any atom is -0.320 e. The summed E-state index contributed by atoms with van der Waals surface area (Å²) in [6.45, 7) is 3.66. The van der Waals surface area contributed by atoms with Gasteiger partial charge < -0.3 is 19.7 Å². The number of benzene rings is 2. The van der Waals surface area contributed by atoms with E-state index in [0.29, 0.717) is 11.3 Å². The number of amides is 2. The standard InChI is InChI=1S/C18H22N3O6P/c1-3-26-28(25,27-4-2)17(14-8-6-5-7-9-14)20-18(22)19-15-10-12-16(13-11-15)21(23)24/h5-13,17H,3-4H2,1-2H3,(H2,19,20,22)/t17-/m0/s1. The summed E-state index contributed by atoms with van der Waals surface area (Å²) in [4.78, 5) is 22.7. The van der Waals surface area contributed by atoms with Gasteiger partial charge >= 0.3 is 13.6 Å². The largest absolute Gasteiger partial charge is 0.357 e. The minimum atomic E-state index is -3.69. The molecule has 0 radical (unpaired) electrons. The maximum absolute atomic E-state index is 13.3. The molecular weight excluding hydrogens is 385 g/mol. The van der Waals surface area contributed by atoms with E-state index < -0.39 is 24.3 Å². The molecule has 0 bridgehead atoms. The number of hydrogen-bond acceptors (Lipinski definition) is 6. The summed E-state index contributed by atoms with van der Waals surface area (Å²) in [6.07, 6.45) is 0. The molecule has 0 aromatic heterocycles. The Hall–Kier alpha value is -2.74. The second-order valence-corrected chi connectivity index (χ2v) is 7.70.